The van der Waals surface area contributed by atoms with Crippen LogP contribution < -0.4 is 0 Å². The van der Waals surface area contributed by atoms with Crippen molar-refractivity contribution in [3.8, 4) is 11.4 Å². The van der Waals surface area contributed by atoms with E-state index in [1.807, 2.05) is 29.8 Å². The Morgan fingerprint density at radius 2 is 1.68 bits per heavy atom. The average Bonchev–Trinajstić information content (AvgIpc) is 3.48. The molecule has 1 N–H and O–H groups in total. The van der Waals surface area contributed by atoms with Crippen molar-refractivity contribution < 1.29 is 5.11 Å². The minimum atomic E-state index is -0.455. The van der Waals surface area contributed by atoms with Gasteiger partial charge in [-0.15, -0.1) is 0 Å². The number of aryl methyl sites for hydroxylation is 3. The quantitative estimate of drug-likeness (QED) is 0.461. The molecule has 1 aliphatic carbocycles. The van der Waals surface area contributed by atoms with Gasteiger partial charge in [0.25, 0.3) is 0 Å². The van der Waals surface area contributed by atoms with Crippen molar-refractivity contribution in [1.29, 1.82) is 0 Å². The van der Waals surface area contributed by atoms with Gasteiger partial charge in [0.2, 0.25) is 0 Å². The zero-order valence-corrected chi connectivity index (χ0v) is 19.1. The molecular formula is C25H31N5O. The number of hydrogen-bond donors (Lipinski definition) is 1. The van der Waals surface area contributed by atoms with Gasteiger partial charge in [0.1, 0.15) is 11.3 Å². The molecule has 0 aliphatic heterocycles. The molecule has 6 nitrogen and oxygen atoms in total. The molecule has 1 saturated carbocycles. The van der Waals surface area contributed by atoms with Crippen molar-refractivity contribution in [1.82, 2.24) is 24.0 Å². The highest BCUT2D eigenvalue weighted by Crippen LogP contribution is 2.42. The zero-order chi connectivity index (χ0) is 21.9. The summed E-state index contributed by atoms with van der Waals surface area (Å²) in [7, 11) is 0. The molecule has 4 heterocycles. The summed E-state index contributed by atoms with van der Waals surface area (Å²) >= 11 is 0. The maximum atomic E-state index is 10.8. The molecule has 6 heteroatoms. The molecule has 4 aromatic heterocycles. The summed E-state index contributed by atoms with van der Waals surface area (Å²) in [5.74, 6) is 0.818. The Kier molecular flexibility index (Phi) is 4.85. The lowest BCUT2D eigenvalue weighted by Crippen LogP contribution is -2.06. The van der Waals surface area contributed by atoms with Gasteiger partial charge in [-0.25, -0.2) is 14.5 Å². The van der Waals surface area contributed by atoms with Crippen LogP contribution in [-0.2, 0) is 0 Å². The first kappa shape index (κ1) is 20.2. The lowest BCUT2D eigenvalue weighted by molar-refractivity contribution is 0.155. The molecule has 0 amide bonds. The van der Waals surface area contributed by atoms with Crippen LogP contribution in [0.4, 0.5) is 0 Å². The second kappa shape index (κ2) is 7.45. The molecule has 0 radical (unpaired) electrons. The topological polar surface area (TPSA) is 67.7 Å². The molecule has 0 aromatic carbocycles. The fourth-order valence-corrected chi connectivity index (χ4v) is 4.96. The number of hydrogen-bond acceptors (Lipinski definition) is 4. The van der Waals surface area contributed by atoms with Gasteiger partial charge in [0, 0.05) is 17.3 Å². The van der Waals surface area contributed by atoms with E-state index < -0.39 is 6.10 Å². The Hall–Kier alpha value is -2.73. The SMILES string of the molecule is CCC(CC)c1cc(C)nn2c(-c3c(C)nc4c([C@@H](O)C5CC5)cccn34)c(C)nc12. The van der Waals surface area contributed by atoms with E-state index in [1.54, 1.807) is 0 Å². The number of aliphatic hydroxyl groups is 1. The van der Waals surface area contributed by atoms with Crippen LogP contribution in [0.5, 0.6) is 0 Å². The van der Waals surface area contributed by atoms with Gasteiger partial charge in [-0.1, -0.05) is 19.9 Å². The third-order valence-electron chi connectivity index (χ3n) is 6.80. The molecule has 5 rings (SSSR count). The van der Waals surface area contributed by atoms with Gasteiger partial charge in [0.05, 0.1) is 28.9 Å². The Bertz CT molecular complexity index is 1280. The van der Waals surface area contributed by atoms with Crippen LogP contribution >= 0.6 is 0 Å². The predicted molar refractivity (Wildman–Crippen MR) is 122 cm³/mol. The normalized spacial score (nSPS) is 15.5. The van der Waals surface area contributed by atoms with Crippen LogP contribution in [0, 0.1) is 26.7 Å². The third kappa shape index (κ3) is 3.16. The maximum absolute atomic E-state index is 10.8. The molecule has 162 valence electrons. The largest absolute Gasteiger partial charge is 0.388 e. The molecule has 31 heavy (non-hydrogen) atoms. The van der Waals surface area contributed by atoms with Crippen molar-refractivity contribution in [2.45, 2.75) is 72.3 Å². The van der Waals surface area contributed by atoms with Gasteiger partial charge in [-0.3, -0.25) is 4.40 Å². The van der Waals surface area contributed by atoms with Crippen LogP contribution in [0.25, 0.3) is 22.7 Å². The van der Waals surface area contributed by atoms with E-state index in [0.29, 0.717) is 11.8 Å². The smallest absolute Gasteiger partial charge is 0.158 e. The monoisotopic (exact) mass is 417 g/mol. The molecule has 0 bridgehead atoms. The minimum absolute atomic E-state index is 0.357. The molecule has 0 saturated heterocycles. The van der Waals surface area contributed by atoms with Crippen molar-refractivity contribution in [3.05, 3.63) is 52.6 Å². The molecule has 0 unspecified atom stereocenters. The highest BCUT2D eigenvalue weighted by atomic mass is 16.3. The summed E-state index contributed by atoms with van der Waals surface area (Å²) < 4.78 is 4.12. The third-order valence-corrected chi connectivity index (χ3v) is 6.80. The molecule has 1 atom stereocenters. The highest BCUT2D eigenvalue weighted by Gasteiger charge is 2.33. The maximum Gasteiger partial charge on any atom is 0.158 e. The fourth-order valence-electron chi connectivity index (χ4n) is 4.96. The summed E-state index contributed by atoms with van der Waals surface area (Å²) in [4.78, 5) is 9.88. The van der Waals surface area contributed by atoms with E-state index in [-0.39, 0.29) is 0 Å². The Morgan fingerprint density at radius 3 is 2.35 bits per heavy atom. The van der Waals surface area contributed by atoms with E-state index in [1.165, 1.54) is 5.56 Å². The van der Waals surface area contributed by atoms with Crippen molar-refractivity contribution in [3.63, 3.8) is 0 Å². The number of aromatic nitrogens is 5. The van der Waals surface area contributed by atoms with Crippen LogP contribution in [-0.4, -0.2) is 29.1 Å². The molecule has 1 fully saturated rings. The summed E-state index contributed by atoms with van der Waals surface area (Å²) in [5.41, 5.74) is 8.79. The summed E-state index contributed by atoms with van der Waals surface area (Å²) in [6.45, 7) is 10.6. The Labute approximate surface area is 183 Å². The van der Waals surface area contributed by atoms with Crippen molar-refractivity contribution in [2.24, 2.45) is 5.92 Å². The second-order valence-electron chi connectivity index (χ2n) is 9.02. The predicted octanol–water partition coefficient (Wildman–Crippen LogP) is 5.32. The van der Waals surface area contributed by atoms with Gasteiger partial charge >= 0.3 is 0 Å². The number of imidazole rings is 2. The standard InChI is InChI=1S/C25H31N5O/c1-6-17(7-2)20-13-14(3)28-30-22(16(5)27-25(20)30)21-15(4)26-24-19(9-8-12-29(21)24)23(31)18-10-11-18/h8-9,12-13,17-18,23,31H,6-7,10-11H2,1-5H3/t23-/m0/s1. The van der Waals surface area contributed by atoms with Gasteiger partial charge in [-0.05, 0) is 70.4 Å². The number of rotatable bonds is 6. The molecule has 1 aliphatic rings. The van der Waals surface area contributed by atoms with Gasteiger partial charge in [-0.2, -0.15) is 5.10 Å². The number of fused-ring (bicyclic) bond motifs is 2. The number of nitrogens with zero attached hydrogens (tertiary/aromatic N) is 5. The van der Waals surface area contributed by atoms with E-state index in [4.69, 9.17) is 15.1 Å². The minimum Gasteiger partial charge on any atom is -0.388 e. The first-order valence-corrected chi connectivity index (χ1v) is 11.5. The fraction of sp³-hybridized carbons (Fsp3) is 0.480. The summed E-state index contributed by atoms with van der Waals surface area (Å²) in [5, 5.41) is 15.7. The van der Waals surface area contributed by atoms with E-state index >= 15 is 0 Å². The summed E-state index contributed by atoms with van der Waals surface area (Å²) in [6.07, 6.45) is 5.90. The molecular weight excluding hydrogens is 386 g/mol. The average molecular weight is 418 g/mol. The number of pyridine rings is 1. The lowest BCUT2D eigenvalue weighted by Gasteiger charge is -2.15. The van der Waals surface area contributed by atoms with Crippen LogP contribution in [0.15, 0.2) is 24.4 Å². The number of aliphatic hydroxyl groups excluding tert-OH is 1. The highest BCUT2D eigenvalue weighted by molar-refractivity contribution is 5.72. The van der Waals surface area contributed by atoms with Crippen LogP contribution in [0.3, 0.4) is 0 Å². The van der Waals surface area contributed by atoms with Gasteiger partial charge < -0.3 is 5.11 Å². The molecule has 4 aromatic rings. The first-order chi connectivity index (χ1) is 14.9. The summed E-state index contributed by atoms with van der Waals surface area (Å²) in [6, 6.07) is 6.20. The van der Waals surface area contributed by atoms with Crippen molar-refractivity contribution >= 4 is 11.3 Å². The van der Waals surface area contributed by atoms with E-state index in [0.717, 1.165) is 71.0 Å². The van der Waals surface area contributed by atoms with Crippen molar-refractivity contribution in [2.75, 3.05) is 0 Å². The zero-order valence-electron chi connectivity index (χ0n) is 19.1. The Morgan fingerprint density at radius 1 is 1.00 bits per heavy atom. The molecule has 0 spiro atoms. The van der Waals surface area contributed by atoms with E-state index in [2.05, 4.69) is 38.2 Å². The Balaban J connectivity index is 1.78. The van der Waals surface area contributed by atoms with Gasteiger partial charge in [0.15, 0.2) is 5.65 Å². The lowest BCUT2D eigenvalue weighted by atomic mass is 9.95. The second-order valence-corrected chi connectivity index (χ2v) is 9.02. The van der Waals surface area contributed by atoms with E-state index in [9.17, 15) is 5.11 Å². The van der Waals surface area contributed by atoms with Crippen LogP contribution in [0.2, 0.25) is 0 Å². The van der Waals surface area contributed by atoms with Crippen LogP contribution in [0.1, 0.15) is 79.8 Å². The first-order valence-electron chi connectivity index (χ1n) is 11.5.